The van der Waals surface area contributed by atoms with E-state index in [2.05, 4.69) is 19.6 Å². The second-order valence-electron chi connectivity index (χ2n) is 8.29. The lowest BCUT2D eigenvalue weighted by Crippen LogP contribution is -2.38. The number of carbonyl (C=O) groups is 1. The van der Waals surface area contributed by atoms with E-state index >= 15 is 0 Å². The molecule has 0 saturated heterocycles. The van der Waals surface area contributed by atoms with Crippen LogP contribution in [0.15, 0.2) is 30.6 Å². The minimum Gasteiger partial charge on any atom is -0.497 e. The summed E-state index contributed by atoms with van der Waals surface area (Å²) in [5.74, 6) is 1.44. The van der Waals surface area contributed by atoms with Gasteiger partial charge in [-0.05, 0) is 38.1 Å². The number of aromatic nitrogens is 1. The van der Waals surface area contributed by atoms with E-state index in [0.29, 0.717) is 5.75 Å². The van der Waals surface area contributed by atoms with Gasteiger partial charge in [0.05, 0.1) is 22.3 Å². The Balaban J connectivity index is 2.60. The van der Waals surface area contributed by atoms with E-state index in [1.807, 2.05) is 51.4 Å². The molecule has 0 amide bonds. The molecule has 0 aliphatic rings. The van der Waals surface area contributed by atoms with Crippen molar-refractivity contribution in [2.45, 2.75) is 46.0 Å². The fourth-order valence-electron chi connectivity index (χ4n) is 2.71. The first-order valence-electron chi connectivity index (χ1n) is 8.64. The van der Waals surface area contributed by atoms with Crippen molar-refractivity contribution >= 4 is 19.4 Å². The number of rotatable bonds is 4. The molecule has 142 valence electrons. The van der Waals surface area contributed by atoms with Crippen LogP contribution in [-0.2, 0) is 4.74 Å². The highest BCUT2D eigenvalue weighted by Gasteiger charge is 2.27. The monoisotopic (exact) mass is 375 g/mol. The van der Waals surface area contributed by atoms with E-state index in [-0.39, 0.29) is 6.09 Å². The quantitative estimate of drug-likeness (QED) is 0.738. The van der Waals surface area contributed by atoms with Crippen LogP contribution in [0, 0.1) is 0 Å². The summed E-state index contributed by atoms with van der Waals surface area (Å²) in [6.07, 6.45) is 3.36. The Labute approximate surface area is 156 Å². The van der Waals surface area contributed by atoms with E-state index in [1.165, 1.54) is 9.75 Å². The number of methoxy groups -OCH3 is 2. The highest BCUT2D eigenvalue weighted by molar-refractivity contribution is 6.89. The molecule has 0 N–H and O–H groups in total. The first-order valence-corrected chi connectivity index (χ1v) is 12.1. The molecule has 2 aromatic rings. The number of hydrogen-bond acceptors (Lipinski definition) is 4. The van der Waals surface area contributed by atoms with Crippen molar-refractivity contribution in [2.75, 3.05) is 14.2 Å². The lowest BCUT2D eigenvalue weighted by molar-refractivity contribution is 0.0537. The summed E-state index contributed by atoms with van der Waals surface area (Å²) in [5, 5.41) is 1.17. The average Bonchev–Trinajstić information content (AvgIpc) is 2.98. The predicted octanol–water partition coefficient (Wildman–Crippen LogP) is 4.50. The van der Waals surface area contributed by atoms with Crippen LogP contribution in [0.3, 0.4) is 0 Å². The van der Waals surface area contributed by atoms with E-state index in [0.717, 1.165) is 16.9 Å². The molecule has 0 aliphatic heterocycles. The molecule has 5 nitrogen and oxygen atoms in total. The van der Waals surface area contributed by atoms with Gasteiger partial charge in [0.2, 0.25) is 0 Å². The molecule has 0 spiro atoms. The normalized spacial score (nSPS) is 12.0. The molecule has 1 aromatic heterocycles. The zero-order chi connectivity index (χ0) is 19.7. The van der Waals surface area contributed by atoms with Gasteiger partial charge in [-0.15, -0.1) is 0 Å². The smallest absolute Gasteiger partial charge is 0.418 e. The summed E-state index contributed by atoms with van der Waals surface area (Å²) in [5.41, 5.74) is 1.39. The van der Waals surface area contributed by atoms with Gasteiger partial charge in [-0.25, -0.2) is 4.79 Å². The topological polar surface area (TPSA) is 49.7 Å². The van der Waals surface area contributed by atoms with Crippen molar-refractivity contribution in [2.24, 2.45) is 0 Å². The van der Waals surface area contributed by atoms with Gasteiger partial charge in [-0.2, -0.15) is 0 Å². The van der Waals surface area contributed by atoms with Crippen LogP contribution in [-0.4, -0.2) is 38.6 Å². The Morgan fingerprint density at radius 2 is 1.65 bits per heavy atom. The van der Waals surface area contributed by atoms with E-state index < -0.39 is 13.7 Å². The van der Waals surface area contributed by atoms with Crippen LogP contribution in [0.1, 0.15) is 20.8 Å². The fraction of sp³-hybridized carbons (Fsp3) is 0.450. The first kappa shape index (κ1) is 20.1. The molecule has 0 atom stereocenters. The predicted molar refractivity (Wildman–Crippen MR) is 108 cm³/mol. The van der Waals surface area contributed by atoms with Gasteiger partial charge in [-0.3, -0.25) is 4.57 Å². The lowest BCUT2D eigenvalue weighted by atomic mass is 10.1. The van der Waals surface area contributed by atoms with Crippen molar-refractivity contribution in [1.29, 1.82) is 0 Å². The van der Waals surface area contributed by atoms with Crippen molar-refractivity contribution < 1.29 is 19.0 Å². The van der Waals surface area contributed by atoms with Crippen LogP contribution >= 0.6 is 0 Å². The SMILES string of the molecule is COc1ccc(-c2cn(C(=O)OC(C)(C)C)cc2[Si](C)(C)C)c(OC)c1. The maximum absolute atomic E-state index is 12.5. The summed E-state index contributed by atoms with van der Waals surface area (Å²) in [6.45, 7) is 12.3. The van der Waals surface area contributed by atoms with Gasteiger partial charge in [0, 0.05) is 29.6 Å². The lowest BCUT2D eigenvalue weighted by Gasteiger charge is -2.19. The number of nitrogens with zero attached hydrogens (tertiary/aromatic N) is 1. The maximum Gasteiger partial charge on any atom is 0.418 e. The molecule has 0 unspecified atom stereocenters. The summed E-state index contributed by atoms with van der Waals surface area (Å²) in [4.78, 5) is 12.5. The van der Waals surface area contributed by atoms with E-state index in [4.69, 9.17) is 14.2 Å². The maximum atomic E-state index is 12.5. The number of carbonyl (C=O) groups excluding carboxylic acids is 1. The van der Waals surface area contributed by atoms with E-state index in [9.17, 15) is 4.79 Å². The molecule has 0 aliphatic carbocycles. The molecular formula is C20H29NO4Si. The molecule has 0 fully saturated rings. The van der Waals surface area contributed by atoms with Crippen LogP contribution in [0.2, 0.25) is 19.6 Å². The Morgan fingerprint density at radius 1 is 1.00 bits per heavy atom. The molecule has 1 heterocycles. The average molecular weight is 376 g/mol. The Bertz CT molecular complexity index is 797. The zero-order valence-electron chi connectivity index (χ0n) is 17.0. The molecule has 2 rings (SSSR count). The third-order valence-corrected chi connectivity index (χ3v) is 5.95. The Hall–Kier alpha value is -2.21. The summed E-state index contributed by atoms with van der Waals surface area (Å²) >= 11 is 0. The van der Waals surface area contributed by atoms with Crippen LogP contribution in [0.25, 0.3) is 11.1 Å². The minimum absolute atomic E-state index is 0.379. The van der Waals surface area contributed by atoms with Gasteiger partial charge in [-0.1, -0.05) is 19.6 Å². The summed E-state index contributed by atoms with van der Waals surface area (Å²) < 4.78 is 17.9. The molecule has 0 radical (unpaired) electrons. The molecule has 26 heavy (non-hydrogen) atoms. The molecule has 1 aromatic carbocycles. The Kier molecular flexibility index (Phi) is 5.56. The summed E-state index contributed by atoms with van der Waals surface area (Å²) in [7, 11) is 1.54. The van der Waals surface area contributed by atoms with Crippen molar-refractivity contribution in [3.05, 3.63) is 30.6 Å². The molecule has 0 bridgehead atoms. The highest BCUT2D eigenvalue weighted by Crippen LogP contribution is 2.34. The van der Waals surface area contributed by atoms with Gasteiger partial charge in [0.1, 0.15) is 17.1 Å². The second kappa shape index (κ2) is 7.19. The van der Waals surface area contributed by atoms with Gasteiger partial charge < -0.3 is 14.2 Å². The van der Waals surface area contributed by atoms with Crippen LogP contribution in [0.5, 0.6) is 11.5 Å². The zero-order valence-corrected chi connectivity index (χ0v) is 18.0. The van der Waals surface area contributed by atoms with Crippen LogP contribution < -0.4 is 14.7 Å². The largest absolute Gasteiger partial charge is 0.497 e. The second-order valence-corrected chi connectivity index (χ2v) is 13.3. The molecule has 0 saturated carbocycles. The van der Waals surface area contributed by atoms with E-state index in [1.54, 1.807) is 14.2 Å². The number of benzene rings is 1. The fourth-order valence-corrected chi connectivity index (χ4v) is 4.24. The molecular weight excluding hydrogens is 346 g/mol. The Morgan fingerprint density at radius 3 is 2.15 bits per heavy atom. The van der Waals surface area contributed by atoms with Gasteiger partial charge >= 0.3 is 6.09 Å². The standard InChI is InChI=1S/C20H29NO4Si/c1-20(2,3)25-19(22)21-12-16(18(13-21)26(6,7)8)15-10-9-14(23-4)11-17(15)24-5/h9-13H,1-8H3. The third kappa shape index (κ3) is 4.49. The minimum atomic E-state index is -1.72. The summed E-state index contributed by atoms with van der Waals surface area (Å²) in [6, 6.07) is 5.72. The van der Waals surface area contributed by atoms with Crippen molar-refractivity contribution in [3.63, 3.8) is 0 Å². The third-order valence-electron chi connectivity index (χ3n) is 3.94. The number of ether oxygens (including phenoxy) is 3. The van der Waals surface area contributed by atoms with Crippen molar-refractivity contribution in [1.82, 2.24) is 4.57 Å². The van der Waals surface area contributed by atoms with Crippen molar-refractivity contribution in [3.8, 4) is 22.6 Å². The van der Waals surface area contributed by atoms with Gasteiger partial charge in [0.15, 0.2) is 0 Å². The molecule has 6 heteroatoms. The van der Waals surface area contributed by atoms with Crippen LogP contribution in [0.4, 0.5) is 4.79 Å². The van der Waals surface area contributed by atoms with Gasteiger partial charge in [0.25, 0.3) is 0 Å². The number of hydrogen-bond donors (Lipinski definition) is 0. The highest BCUT2D eigenvalue weighted by atomic mass is 28.3. The first-order chi connectivity index (χ1) is 12.0.